The zero-order valence-electron chi connectivity index (χ0n) is 14.5. The second kappa shape index (κ2) is 8.37. The highest BCUT2D eigenvalue weighted by Gasteiger charge is 2.31. The number of hydrogen-bond donors (Lipinski definition) is 1. The molecule has 1 unspecified atom stereocenters. The van der Waals surface area contributed by atoms with E-state index < -0.39 is 0 Å². The maximum atomic E-state index is 13.0. The van der Waals surface area contributed by atoms with Crippen LogP contribution in [-0.4, -0.2) is 65.9 Å². The van der Waals surface area contributed by atoms with Crippen LogP contribution in [0.1, 0.15) is 36.0 Å². The molecule has 1 atom stereocenters. The third-order valence-corrected chi connectivity index (χ3v) is 6.24. The van der Waals surface area contributed by atoms with Gasteiger partial charge in [0.05, 0.1) is 5.56 Å². The molecule has 4 nitrogen and oxygen atoms in total. The standard InChI is InChI=1S/C19H28N2O2S/c1-24-18-7-3-2-6-17(18)19(23)21-10-4-5-16(13-21)20-11-8-15(14-22)9-12-20/h2-3,6-7,15-16,22H,4-5,8-14H2,1H3. The van der Waals surface area contributed by atoms with Gasteiger partial charge in [-0.2, -0.15) is 0 Å². The summed E-state index contributed by atoms with van der Waals surface area (Å²) in [6.45, 7) is 4.13. The van der Waals surface area contributed by atoms with E-state index in [4.69, 9.17) is 0 Å². The number of aliphatic hydroxyl groups excluding tert-OH is 1. The molecule has 0 aromatic heterocycles. The van der Waals surface area contributed by atoms with Crippen LogP contribution >= 0.6 is 11.8 Å². The molecule has 2 aliphatic rings. The van der Waals surface area contributed by atoms with Crippen molar-refractivity contribution in [3.63, 3.8) is 0 Å². The van der Waals surface area contributed by atoms with Gasteiger partial charge in [-0.1, -0.05) is 12.1 Å². The van der Waals surface area contributed by atoms with Crippen molar-refractivity contribution in [2.45, 2.75) is 36.6 Å². The molecule has 1 aromatic rings. The van der Waals surface area contributed by atoms with E-state index in [-0.39, 0.29) is 5.91 Å². The quantitative estimate of drug-likeness (QED) is 0.850. The van der Waals surface area contributed by atoms with E-state index in [1.54, 1.807) is 11.8 Å². The van der Waals surface area contributed by atoms with Crippen molar-refractivity contribution in [2.24, 2.45) is 5.92 Å². The molecule has 5 heteroatoms. The van der Waals surface area contributed by atoms with Gasteiger partial charge >= 0.3 is 0 Å². The number of carbonyl (C=O) groups is 1. The SMILES string of the molecule is CSc1ccccc1C(=O)N1CCCC(N2CCC(CO)CC2)C1. The predicted molar refractivity (Wildman–Crippen MR) is 98.5 cm³/mol. The van der Waals surface area contributed by atoms with Gasteiger partial charge in [0.15, 0.2) is 0 Å². The topological polar surface area (TPSA) is 43.8 Å². The number of thioether (sulfide) groups is 1. The number of benzene rings is 1. The maximum Gasteiger partial charge on any atom is 0.255 e. The Bertz CT molecular complexity index is 558. The summed E-state index contributed by atoms with van der Waals surface area (Å²) in [4.78, 5) is 18.6. The average Bonchev–Trinajstić information content (AvgIpc) is 2.67. The number of nitrogens with zero attached hydrogens (tertiary/aromatic N) is 2. The smallest absolute Gasteiger partial charge is 0.255 e. The largest absolute Gasteiger partial charge is 0.396 e. The molecule has 0 spiro atoms. The Morgan fingerprint density at radius 2 is 1.96 bits per heavy atom. The first-order chi connectivity index (χ1) is 11.7. The van der Waals surface area contributed by atoms with E-state index in [9.17, 15) is 9.90 Å². The molecule has 0 saturated carbocycles. The Morgan fingerprint density at radius 3 is 2.67 bits per heavy atom. The van der Waals surface area contributed by atoms with Gasteiger partial charge in [-0.25, -0.2) is 0 Å². The second-order valence-corrected chi connectivity index (χ2v) is 7.76. The number of amides is 1. The van der Waals surface area contributed by atoms with Gasteiger partial charge < -0.3 is 10.0 Å². The third-order valence-electron chi connectivity index (χ3n) is 5.44. The zero-order chi connectivity index (χ0) is 16.9. The predicted octanol–water partition coefficient (Wildman–Crippen LogP) is 2.72. The molecular weight excluding hydrogens is 320 g/mol. The lowest BCUT2D eigenvalue weighted by Crippen LogP contribution is -2.52. The van der Waals surface area contributed by atoms with Crippen LogP contribution in [0.5, 0.6) is 0 Å². The number of likely N-dealkylation sites (tertiary alicyclic amines) is 2. The fourth-order valence-corrected chi connectivity index (χ4v) is 4.52. The summed E-state index contributed by atoms with van der Waals surface area (Å²) in [6.07, 6.45) is 6.44. The first-order valence-corrected chi connectivity index (χ1v) is 10.2. The Balaban J connectivity index is 1.64. The van der Waals surface area contributed by atoms with Crippen molar-refractivity contribution in [2.75, 3.05) is 39.0 Å². The van der Waals surface area contributed by atoms with Crippen molar-refractivity contribution in [1.29, 1.82) is 0 Å². The third kappa shape index (κ3) is 3.95. The highest BCUT2D eigenvalue weighted by atomic mass is 32.2. The van der Waals surface area contributed by atoms with E-state index in [2.05, 4.69) is 4.90 Å². The average molecular weight is 349 g/mol. The molecule has 0 aliphatic carbocycles. The van der Waals surface area contributed by atoms with Crippen molar-refractivity contribution in [3.05, 3.63) is 29.8 Å². The van der Waals surface area contributed by atoms with Gasteiger partial charge in [0, 0.05) is 30.6 Å². The minimum atomic E-state index is 0.176. The molecule has 2 saturated heterocycles. The van der Waals surface area contributed by atoms with Crippen LogP contribution in [0.15, 0.2) is 29.2 Å². The first-order valence-electron chi connectivity index (χ1n) is 9.00. The van der Waals surface area contributed by atoms with Crippen molar-refractivity contribution in [1.82, 2.24) is 9.80 Å². The maximum absolute atomic E-state index is 13.0. The van der Waals surface area contributed by atoms with Crippen molar-refractivity contribution < 1.29 is 9.90 Å². The Morgan fingerprint density at radius 1 is 1.21 bits per heavy atom. The van der Waals surface area contributed by atoms with Crippen LogP contribution in [-0.2, 0) is 0 Å². The van der Waals surface area contributed by atoms with Gasteiger partial charge in [0.25, 0.3) is 5.91 Å². The van der Waals surface area contributed by atoms with Crippen molar-refractivity contribution >= 4 is 17.7 Å². The van der Waals surface area contributed by atoms with Crippen LogP contribution in [0, 0.1) is 5.92 Å². The summed E-state index contributed by atoms with van der Waals surface area (Å²) in [5.41, 5.74) is 0.838. The van der Waals surface area contributed by atoms with Crippen LogP contribution < -0.4 is 0 Å². The number of carbonyl (C=O) groups excluding carboxylic acids is 1. The normalized spacial score (nSPS) is 23.4. The van der Waals surface area contributed by atoms with Gasteiger partial charge in [0.1, 0.15) is 0 Å². The van der Waals surface area contributed by atoms with Gasteiger partial charge in [-0.3, -0.25) is 9.69 Å². The van der Waals surface area contributed by atoms with Crippen LogP contribution in [0.25, 0.3) is 0 Å². The Kier molecular flexibility index (Phi) is 6.19. The highest BCUT2D eigenvalue weighted by molar-refractivity contribution is 7.98. The Labute approximate surface area is 149 Å². The summed E-state index contributed by atoms with van der Waals surface area (Å²) in [6, 6.07) is 8.40. The van der Waals surface area contributed by atoms with Gasteiger partial charge in [0.2, 0.25) is 0 Å². The summed E-state index contributed by atoms with van der Waals surface area (Å²) in [5.74, 6) is 0.644. The van der Waals surface area contributed by atoms with Crippen molar-refractivity contribution in [3.8, 4) is 0 Å². The van der Waals surface area contributed by atoms with E-state index in [0.29, 0.717) is 18.6 Å². The lowest BCUT2D eigenvalue weighted by atomic mass is 9.94. The number of hydrogen-bond acceptors (Lipinski definition) is 4. The molecule has 24 heavy (non-hydrogen) atoms. The van der Waals surface area contributed by atoms with E-state index >= 15 is 0 Å². The Hall–Kier alpha value is -1.04. The molecule has 1 aromatic carbocycles. The lowest BCUT2D eigenvalue weighted by Gasteiger charge is -2.42. The molecule has 2 aliphatic heterocycles. The molecule has 0 bridgehead atoms. The van der Waals surface area contributed by atoms with Gasteiger partial charge in [-0.15, -0.1) is 11.8 Å². The zero-order valence-corrected chi connectivity index (χ0v) is 15.3. The first kappa shape index (κ1) is 17.8. The molecule has 3 rings (SSSR count). The van der Waals surface area contributed by atoms with E-state index in [0.717, 1.165) is 55.9 Å². The second-order valence-electron chi connectivity index (χ2n) is 6.91. The van der Waals surface area contributed by atoms with E-state index in [1.807, 2.05) is 35.4 Å². The monoisotopic (exact) mass is 348 g/mol. The lowest BCUT2D eigenvalue weighted by molar-refractivity contribution is 0.0443. The molecular formula is C19H28N2O2S. The fourth-order valence-electron chi connectivity index (χ4n) is 3.93. The summed E-state index contributed by atoms with van der Waals surface area (Å²) in [7, 11) is 0. The molecule has 0 radical (unpaired) electrons. The highest BCUT2D eigenvalue weighted by Crippen LogP contribution is 2.26. The molecule has 2 heterocycles. The molecule has 132 valence electrons. The molecule has 1 N–H and O–H groups in total. The molecule has 1 amide bonds. The van der Waals surface area contributed by atoms with Gasteiger partial charge in [-0.05, 0) is 63.1 Å². The minimum Gasteiger partial charge on any atom is -0.396 e. The van der Waals surface area contributed by atoms with Crippen LogP contribution in [0.2, 0.25) is 0 Å². The fraction of sp³-hybridized carbons (Fsp3) is 0.632. The number of rotatable bonds is 4. The number of aliphatic hydroxyl groups is 1. The summed E-state index contributed by atoms with van der Waals surface area (Å²) < 4.78 is 0. The van der Waals surface area contributed by atoms with Crippen LogP contribution in [0.4, 0.5) is 0 Å². The number of piperidine rings is 2. The summed E-state index contributed by atoms with van der Waals surface area (Å²) in [5, 5.41) is 9.30. The minimum absolute atomic E-state index is 0.176. The van der Waals surface area contributed by atoms with E-state index in [1.165, 1.54) is 6.42 Å². The summed E-state index contributed by atoms with van der Waals surface area (Å²) >= 11 is 1.64. The molecule has 2 fully saturated rings. The van der Waals surface area contributed by atoms with Crippen LogP contribution in [0.3, 0.4) is 0 Å².